The standard InChI is InChI=1S/C13H11NOSe/c1-8-6-9-12-10(15-2)4-3-5-11(12)16-13(9)14-7-8/h3-7H,1-2H3. The van der Waals surface area contributed by atoms with Gasteiger partial charge in [0.1, 0.15) is 0 Å². The second kappa shape index (κ2) is 3.62. The van der Waals surface area contributed by atoms with Crippen molar-refractivity contribution in [1.29, 1.82) is 0 Å². The van der Waals surface area contributed by atoms with Crippen LogP contribution in [0, 0.1) is 6.92 Å². The van der Waals surface area contributed by atoms with E-state index >= 15 is 0 Å². The predicted octanol–water partition coefficient (Wildman–Crippen LogP) is 2.76. The molecule has 0 amide bonds. The minimum absolute atomic E-state index is 0.326. The summed E-state index contributed by atoms with van der Waals surface area (Å²) in [7, 11) is 1.73. The van der Waals surface area contributed by atoms with Crippen molar-refractivity contribution < 1.29 is 4.74 Å². The van der Waals surface area contributed by atoms with Crippen molar-refractivity contribution in [3.05, 3.63) is 36.0 Å². The summed E-state index contributed by atoms with van der Waals surface area (Å²) in [6, 6.07) is 8.46. The van der Waals surface area contributed by atoms with Gasteiger partial charge in [-0.25, -0.2) is 0 Å². The molecule has 0 spiro atoms. The molecule has 2 nitrogen and oxygen atoms in total. The van der Waals surface area contributed by atoms with E-state index in [1.54, 1.807) is 7.11 Å². The summed E-state index contributed by atoms with van der Waals surface area (Å²) < 4.78 is 8.03. The molecule has 0 atom stereocenters. The molecule has 0 aliphatic carbocycles. The molecule has 0 fully saturated rings. The van der Waals surface area contributed by atoms with Crippen LogP contribution >= 0.6 is 0 Å². The Balaban J connectivity index is 2.54. The molecule has 2 aromatic heterocycles. The van der Waals surface area contributed by atoms with Gasteiger partial charge in [-0.05, 0) is 0 Å². The minimum atomic E-state index is 0.326. The predicted molar refractivity (Wildman–Crippen MR) is 67.5 cm³/mol. The van der Waals surface area contributed by atoms with E-state index in [1.165, 1.54) is 25.0 Å². The first-order valence-electron chi connectivity index (χ1n) is 5.11. The number of methoxy groups -OCH3 is 1. The maximum absolute atomic E-state index is 5.44. The Kier molecular flexibility index (Phi) is 2.23. The van der Waals surface area contributed by atoms with Crippen LogP contribution in [0.5, 0.6) is 5.75 Å². The Bertz CT molecular complexity index is 672. The number of rotatable bonds is 1. The molecule has 80 valence electrons. The molecule has 3 heteroatoms. The first-order valence-corrected chi connectivity index (χ1v) is 6.83. The number of benzene rings is 1. The van der Waals surface area contributed by atoms with Crippen LogP contribution in [0.25, 0.3) is 19.4 Å². The molecule has 0 N–H and O–H groups in total. The Morgan fingerprint density at radius 3 is 3.00 bits per heavy atom. The van der Waals surface area contributed by atoms with Crippen LogP contribution in [0.3, 0.4) is 0 Å². The molecule has 1 aromatic carbocycles. The summed E-state index contributed by atoms with van der Waals surface area (Å²) in [5.74, 6) is 0.963. The Morgan fingerprint density at radius 1 is 1.31 bits per heavy atom. The van der Waals surface area contributed by atoms with Crippen LogP contribution in [-0.2, 0) is 0 Å². The number of pyridine rings is 1. The van der Waals surface area contributed by atoms with E-state index in [1.807, 2.05) is 12.3 Å². The van der Waals surface area contributed by atoms with Gasteiger partial charge in [0.25, 0.3) is 0 Å². The monoisotopic (exact) mass is 277 g/mol. The fraction of sp³-hybridized carbons (Fsp3) is 0.154. The van der Waals surface area contributed by atoms with Crippen molar-refractivity contribution in [3.63, 3.8) is 0 Å². The number of aromatic nitrogens is 1. The number of hydrogen-bond donors (Lipinski definition) is 0. The topological polar surface area (TPSA) is 22.1 Å². The molecular weight excluding hydrogens is 265 g/mol. The van der Waals surface area contributed by atoms with Gasteiger partial charge in [0.05, 0.1) is 0 Å². The average Bonchev–Trinajstić information content (AvgIpc) is 2.66. The zero-order chi connectivity index (χ0) is 11.1. The Labute approximate surface area is 99.6 Å². The number of ether oxygens (including phenoxy) is 1. The van der Waals surface area contributed by atoms with Crippen LogP contribution in [-0.4, -0.2) is 26.6 Å². The molecule has 0 radical (unpaired) electrons. The number of fused-ring (bicyclic) bond motifs is 3. The van der Waals surface area contributed by atoms with E-state index in [-0.39, 0.29) is 0 Å². The molecule has 0 aliphatic heterocycles. The number of hydrogen-bond acceptors (Lipinski definition) is 2. The molecule has 0 saturated carbocycles. The summed E-state index contributed by atoms with van der Waals surface area (Å²) in [4.78, 5) is 4.52. The van der Waals surface area contributed by atoms with Gasteiger partial charge in [-0.3, -0.25) is 0 Å². The van der Waals surface area contributed by atoms with Crippen molar-refractivity contribution in [1.82, 2.24) is 4.98 Å². The molecule has 0 saturated heterocycles. The van der Waals surface area contributed by atoms with Gasteiger partial charge in [-0.15, -0.1) is 0 Å². The number of aryl methyl sites for hydroxylation is 1. The van der Waals surface area contributed by atoms with Crippen molar-refractivity contribution in [2.45, 2.75) is 6.92 Å². The molecule has 0 bridgehead atoms. The molecule has 2 heterocycles. The van der Waals surface area contributed by atoms with E-state index in [2.05, 4.69) is 30.1 Å². The quantitative estimate of drug-likeness (QED) is 0.638. The second-order valence-corrected chi connectivity index (χ2v) is 5.96. The third-order valence-corrected chi connectivity index (χ3v) is 4.94. The zero-order valence-corrected chi connectivity index (χ0v) is 10.9. The van der Waals surface area contributed by atoms with Gasteiger partial charge in [-0.1, -0.05) is 0 Å². The van der Waals surface area contributed by atoms with Gasteiger partial charge >= 0.3 is 99.5 Å². The molecule has 0 unspecified atom stereocenters. The van der Waals surface area contributed by atoms with Crippen molar-refractivity contribution in [3.8, 4) is 5.75 Å². The van der Waals surface area contributed by atoms with Gasteiger partial charge < -0.3 is 0 Å². The average molecular weight is 276 g/mol. The van der Waals surface area contributed by atoms with E-state index < -0.39 is 0 Å². The van der Waals surface area contributed by atoms with Crippen LogP contribution in [0.15, 0.2) is 30.5 Å². The third-order valence-electron chi connectivity index (χ3n) is 2.67. The maximum atomic E-state index is 5.44. The Morgan fingerprint density at radius 2 is 2.19 bits per heavy atom. The van der Waals surface area contributed by atoms with Gasteiger partial charge in [0.15, 0.2) is 0 Å². The fourth-order valence-corrected chi connectivity index (χ4v) is 4.14. The molecule has 16 heavy (non-hydrogen) atoms. The third kappa shape index (κ3) is 1.36. The SMILES string of the molecule is COc1cccc2[se]c3ncc(C)cc3c12. The van der Waals surface area contributed by atoms with Gasteiger partial charge in [-0.2, -0.15) is 0 Å². The first-order chi connectivity index (χ1) is 7.79. The summed E-state index contributed by atoms with van der Waals surface area (Å²) >= 11 is 0.326. The summed E-state index contributed by atoms with van der Waals surface area (Å²) in [5.41, 5.74) is 1.20. The second-order valence-electron chi connectivity index (χ2n) is 3.80. The number of nitrogens with zero attached hydrogens (tertiary/aromatic N) is 1. The Hall–Kier alpha value is -1.31. The van der Waals surface area contributed by atoms with Gasteiger partial charge in [0, 0.05) is 0 Å². The summed E-state index contributed by atoms with van der Waals surface area (Å²) in [6.45, 7) is 2.08. The van der Waals surface area contributed by atoms with Crippen LogP contribution in [0.2, 0.25) is 0 Å². The molecular formula is C13H11NOSe. The van der Waals surface area contributed by atoms with Gasteiger partial charge in [0.2, 0.25) is 0 Å². The zero-order valence-electron chi connectivity index (χ0n) is 9.15. The van der Waals surface area contributed by atoms with E-state index in [9.17, 15) is 0 Å². The van der Waals surface area contributed by atoms with Crippen molar-refractivity contribution >= 4 is 33.9 Å². The fourth-order valence-electron chi connectivity index (χ4n) is 1.95. The first kappa shape index (κ1) is 9.88. The van der Waals surface area contributed by atoms with Crippen LogP contribution in [0.1, 0.15) is 5.56 Å². The van der Waals surface area contributed by atoms with Crippen LogP contribution in [0.4, 0.5) is 0 Å². The summed E-state index contributed by atoms with van der Waals surface area (Å²) in [6.07, 6.45) is 1.94. The van der Waals surface area contributed by atoms with Crippen molar-refractivity contribution in [2.75, 3.05) is 7.11 Å². The summed E-state index contributed by atoms with van der Waals surface area (Å²) in [5, 5.41) is 2.50. The molecule has 3 aromatic rings. The van der Waals surface area contributed by atoms with E-state index in [0.29, 0.717) is 14.5 Å². The normalized spacial score (nSPS) is 11.1. The van der Waals surface area contributed by atoms with E-state index in [4.69, 9.17) is 4.74 Å². The van der Waals surface area contributed by atoms with E-state index in [0.717, 1.165) is 5.75 Å². The van der Waals surface area contributed by atoms with Crippen LogP contribution < -0.4 is 4.74 Å². The molecule has 0 aliphatic rings. The van der Waals surface area contributed by atoms with Crippen molar-refractivity contribution in [2.24, 2.45) is 0 Å². The molecule has 3 rings (SSSR count).